The Morgan fingerprint density at radius 2 is 2.00 bits per heavy atom. The van der Waals surface area contributed by atoms with Crippen LogP contribution in [0.3, 0.4) is 0 Å². The van der Waals surface area contributed by atoms with Gasteiger partial charge in [-0.05, 0) is 30.7 Å². The number of carbonyl (C=O) groups excluding carboxylic acids is 3. The first-order valence-electron chi connectivity index (χ1n) is 9.38. The normalized spacial score (nSPS) is 14.9. The van der Waals surface area contributed by atoms with Gasteiger partial charge in [-0.1, -0.05) is 32.3 Å². The highest BCUT2D eigenvalue weighted by molar-refractivity contribution is 7.12. The van der Waals surface area contributed by atoms with E-state index in [4.69, 9.17) is 4.74 Å². The minimum absolute atomic E-state index is 0.0225. The lowest BCUT2D eigenvalue weighted by molar-refractivity contribution is -0.153. The van der Waals surface area contributed by atoms with Crippen molar-refractivity contribution in [1.82, 2.24) is 10.2 Å². The summed E-state index contributed by atoms with van der Waals surface area (Å²) < 4.78 is 5.14. The standard InChI is InChI=1S/C19H28N2O4S/c1-2-3-4-5-10-20-17(22)14-25-19(24)15-8-11-21(12-9-15)18(23)16-7-6-13-26-16/h6-7,13,15H,2-5,8-12,14H2,1H3,(H,20,22). The molecule has 0 radical (unpaired) electrons. The predicted octanol–water partition coefficient (Wildman–Crippen LogP) is 2.84. The zero-order valence-electron chi connectivity index (χ0n) is 15.4. The van der Waals surface area contributed by atoms with E-state index in [0.717, 1.165) is 24.1 Å². The number of nitrogens with zero attached hydrogens (tertiary/aromatic N) is 1. The number of ether oxygens (including phenoxy) is 1. The average molecular weight is 381 g/mol. The number of amides is 2. The van der Waals surface area contributed by atoms with Gasteiger partial charge in [0.25, 0.3) is 11.8 Å². The maximum Gasteiger partial charge on any atom is 0.309 e. The van der Waals surface area contributed by atoms with Crippen LogP contribution in [-0.4, -0.2) is 48.9 Å². The molecule has 2 rings (SSSR count). The third kappa shape index (κ3) is 6.44. The molecule has 1 aromatic heterocycles. The number of hydrogen-bond donors (Lipinski definition) is 1. The molecule has 0 atom stereocenters. The summed E-state index contributed by atoms with van der Waals surface area (Å²) in [6.07, 6.45) is 5.52. The molecule has 0 aromatic carbocycles. The lowest BCUT2D eigenvalue weighted by Gasteiger charge is -2.30. The molecule has 1 aliphatic heterocycles. The quantitative estimate of drug-likeness (QED) is 0.528. The minimum atomic E-state index is -0.339. The number of esters is 1. The number of piperidine rings is 1. The minimum Gasteiger partial charge on any atom is -0.455 e. The highest BCUT2D eigenvalue weighted by Crippen LogP contribution is 2.21. The summed E-state index contributed by atoms with van der Waals surface area (Å²) in [4.78, 5) is 38.6. The van der Waals surface area contributed by atoms with Gasteiger partial charge >= 0.3 is 5.97 Å². The van der Waals surface area contributed by atoms with E-state index in [9.17, 15) is 14.4 Å². The molecule has 0 saturated carbocycles. The largest absolute Gasteiger partial charge is 0.455 e. The average Bonchev–Trinajstić information content (AvgIpc) is 3.20. The smallest absolute Gasteiger partial charge is 0.309 e. The molecule has 1 aliphatic rings. The first-order chi connectivity index (χ1) is 12.6. The number of thiophene rings is 1. The second-order valence-electron chi connectivity index (χ2n) is 6.56. The molecule has 1 N–H and O–H groups in total. The number of likely N-dealkylation sites (tertiary alicyclic amines) is 1. The molecular weight excluding hydrogens is 352 g/mol. The molecule has 1 fully saturated rings. The van der Waals surface area contributed by atoms with Crippen LogP contribution < -0.4 is 5.32 Å². The van der Waals surface area contributed by atoms with E-state index < -0.39 is 0 Å². The Hall–Kier alpha value is -1.89. The van der Waals surface area contributed by atoms with Gasteiger partial charge in [-0.25, -0.2) is 0 Å². The van der Waals surface area contributed by atoms with Crippen LogP contribution in [0.25, 0.3) is 0 Å². The zero-order valence-corrected chi connectivity index (χ0v) is 16.2. The van der Waals surface area contributed by atoms with Gasteiger partial charge in [-0.15, -0.1) is 11.3 Å². The third-order valence-electron chi connectivity index (χ3n) is 4.55. The van der Waals surface area contributed by atoms with E-state index in [1.54, 1.807) is 4.90 Å². The zero-order chi connectivity index (χ0) is 18.8. The fraction of sp³-hybridized carbons (Fsp3) is 0.632. The van der Waals surface area contributed by atoms with Gasteiger partial charge < -0.3 is 15.0 Å². The molecule has 0 unspecified atom stereocenters. The Morgan fingerprint density at radius 1 is 1.23 bits per heavy atom. The second-order valence-corrected chi connectivity index (χ2v) is 7.51. The topological polar surface area (TPSA) is 75.7 Å². The van der Waals surface area contributed by atoms with E-state index in [1.165, 1.54) is 17.8 Å². The SMILES string of the molecule is CCCCCCNC(=O)COC(=O)C1CCN(C(=O)c2cccs2)CC1. The Kier molecular flexibility index (Phi) is 8.61. The second kappa shape index (κ2) is 11.0. The highest BCUT2D eigenvalue weighted by atomic mass is 32.1. The number of carbonyl (C=O) groups is 3. The summed E-state index contributed by atoms with van der Waals surface area (Å²) in [6.45, 7) is 3.63. The van der Waals surface area contributed by atoms with Crippen LogP contribution in [0.5, 0.6) is 0 Å². The van der Waals surface area contributed by atoms with Gasteiger partial charge in [-0.2, -0.15) is 0 Å². The summed E-state index contributed by atoms with van der Waals surface area (Å²) in [5.74, 6) is -0.802. The summed E-state index contributed by atoms with van der Waals surface area (Å²) in [5.41, 5.74) is 0. The molecule has 1 saturated heterocycles. The summed E-state index contributed by atoms with van der Waals surface area (Å²) in [7, 11) is 0. The van der Waals surface area contributed by atoms with Crippen LogP contribution in [0.4, 0.5) is 0 Å². The number of hydrogen-bond acceptors (Lipinski definition) is 5. The van der Waals surface area contributed by atoms with Crippen LogP contribution in [-0.2, 0) is 14.3 Å². The molecule has 2 amide bonds. The molecule has 144 valence electrons. The van der Waals surface area contributed by atoms with Crippen molar-refractivity contribution in [1.29, 1.82) is 0 Å². The number of unbranched alkanes of at least 4 members (excludes halogenated alkanes) is 3. The van der Waals surface area contributed by atoms with Gasteiger partial charge in [0.15, 0.2) is 6.61 Å². The third-order valence-corrected chi connectivity index (χ3v) is 5.40. The van der Waals surface area contributed by atoms with Gasteiger partial charge in [0, 0.05) is 19.6 Å². The van der Waals surface area contributed by atoms with E-state index >= 15 is 0 Å². The molecule has 6 nitrogen and oxygen atoms in total. The number of nitrogens with one attached hydrogen (secondary N) is 1. The predicted molar refractivity (Wildman–Crippen MR) is 101 cm³/mol. The Labute approximate surface area is 158 Å². The van der Waals surface area contributed by atoms with Crippen LogP contribution >= 0.6 is 11.3 Å². The van der Waals surface area contributed by atoms with Crippen molar-refractivity contribution >= 4 is 29.1 Å². The van der Waals surface area contributed by atoms with Crippen molar-refractivity contribution in [2.24, 2.45) is 5.92 Å². The van der Waals surface area contributed by atoms with E-state index in [2.05, 4.69) is 12.2 Å². The van der Waals surface area contributed by atoms with Crippen molar-refractivity contribution in [3.63, 3.8) is 0 Å². The molecule has 0 bridgehead atoms. The Bertz CT molecular complexity index is 580. The lowest BCUT2D eigenvalue weighted by atomic mass is 9.97. The van der Waals surface area contributed by atoms with Crippen molar-refractivity contribution in [3.8, 4) is 0 Å². The Balaban J connectivity index is 1.62. The van der Waals surface area contributed by atoms with E-state index in [-0.39, 0.29) is 30.3 Å². The summed E-state index contributed by atoms with van der Waals surface area (Å²) >= 11 is 1.43. The van der Waals surface area contributed by atoms with Crippen LogP contribution in [0.2, 0.25) is 0 Å². The van der Waals surface area contributed by atoms with Crippen LogP contribution in [0, 0.1) is 5.92 Å². The monoisotopic (exact) mass is 380 g/mol. The summed E-state index contributed by atoms with van der Waals surface area (Å²) in [6, 6.07) is 3.67. The maximum atomic E-state index is 12.3. The van der Waals surface area contributed by atoms with E-state index in [0.29, 0.717) is 32.5 Å². The van der Waals surface area contributed by atoms with Crippen molar-refractivity contribution < 1.29 is 19.1 Å². The maximum absolute atomic E-state index is 12.3. The molecule has 0 aliphatic carbocycles. The highest BCUT2D eigenvalue weighted by Gasteiger charge is 2.29. The first kappa shape index (κ1) is 20.4. The van der Waals surface area contributed by atoms with Crippen LogP contribution in [0.1, 0.15) is 55.1 Å². The lowest BCUT2D eigenvalue weighted by Crippen LogP contribution is -2.41. The fourth-order valence-electron chi connectivity index (χ4n) is 2.96. The fourth-order valence-corrected chi connectivity index (χ4v) is 3.65. The molecular formula is C19H28N2O4S. The first-order valence-corrected chi connectivity index (χ1v) is 10.3. The molecule has 2 heterocycles. The van der Waals surface area contributed by atoms with Gasteiger partial charge in [0.2, 0.25) is 0 Å². The molecule has 0 spiro atoms. The van der Waals surface area contributed by atoms with E-state index in [1.807, 2.05) is 17.5 Å². The Morgan fingerprint density at radius 3 is 2.65 bits per heavy atom. The van der Waals surface area contributed by atoms with Crippen LogP contribution in [0.15, 0.2) is 17.5 Å². The summed E-state index contributed by atoms with van der Waals surface area (Å²) in [5, 5.41) is 4.65. The van der Waals surface area contributed by atoms with Gasteiger partial charge in [0.05, 0.1) is 10.8 Å². The number of rotatable bonds is 9. The van der Waals surface area contributed by atoms with Crippen molar-refractivity contribution in [3.05, 3.63) is 22.4 Å². The van der Waals surface area contributed by atoms with Crippen molar-refractivity contribution in [2.45, 2.75) is 45.4 Å². The molecule has 26 heavy (non-hydrogen) atoms. The molecule has 1 aromatic rings. The van der Waals surface area contributed by atoms with Gasteiger partial charge in [-0.3, -0.25) is 14.4 Å². The van der Waals surface area contributed by atoms with Gasteiger partial charge in [0.1, 0.15) is 0 Å². The van der Waals surface area contributed by atoms with Crippen molar-refractivity contribution in [2.75, 3.05) is 26.2 Å². The molecule has 7 heteroatoms.